The predicted octanol–water partition coefficient (Wildman–Crippen LogP) is 1.31. The van der Waals surface area contributed by atoms with Crippen LogP contribution in [0.25, 0.3) is 0 Å². The summed E-state index contributed by atoms with van der Waals surface area (Å²) < 4.78 is 5.15. The highest BCUT2D eigenvalue weighted by molar-refractivity contribution is 5.74. The Bertz CT molecular complexity index is 396. The molecule has 1 unspecified atom stereocenters. The number of hydrogen-bond acceptors (Lipinski definition) is 3. The number of carbonyl (C=O) groups is 1. The Morgan fingerprint density at radius 3 is 2.95 bits per heavy atom. The standard InChI is InChI=1S/C14H22N2O3/c1-11(10-17)16-14(18)15-8-4-6-12-5-3-7-13(9-12)19-2/h3,5,7,9,11,17H,4,6,8,10H2,1-2H3,(H2,15,16,18). The number of aliphatic hydroxyl groups excluding tert-OH is 1. The van der Waals surface area contributed by atoms with Gasteiger partial charge in [0.2, 0.25) is 0 Å². The summed E-state index contributed by atoms with van der Waals surface area (Å²) >= 11 is 0. The number of nitrogens with one attached hydrogen (secondary N) is 2. The van der Waals surface area contributed by atoms with E-state index in [1.807, 2.05) is 24.3 Å². The first-order chi connectivity index (χ1) is 9.15. The first kappa shape index (κ1) is 15.3. The summed E-state index contributed by atoms with van der Waals surface area (Å²) in [4.78, 5) is 11.4. The molecule has 0 saturated carbocycles. The van der Waals surface area contributed by atoms with E-state index in [1.54, 1.807) is 14.0 Å². The van der Waals surface area contributed by atoms with Crippen molar-refractivity contribution in [2.24, 2.45) is 0 Å². The zero-order chi connectivity index (χ0) is 14.1. The highest BCUT2D eigenvalue weighted by atomic mass is 16.5. The number of amides is 2. The topological polar surface area (TPSA) is 70.6 Å². The number of rotatable bonds is 7. The van der Waals surface area contributed by atoms with Crippen LogP contribution in [0.3, 0.4) is 0 Å². The molecule has 2 amide bonds. The van der Waals surface area contributed by atoms with Crippen LogP contribution in [0.1, 0.15) is 18.9 Å². The number of urea groups is 1. The number of aryl methyl sites for hydroxylation is 1. The van der Waals surface area contributed by atoms with Crippen molar-refractivity contribution < 1.29 is 14.6 Å². The molecule has 0 radical (unpaired) electrons. The lowest BCUT2D eigenvalue weighted by atomic mass is 10.1. The molecule has 0 bridgehead atoms. The number of aliphatic hydroxyl groups is 1. The molecule has 1 atom stereocenters. The molecule has 3 N–H and O–H groups in total. The minimum absolute atomic E-state index is 0.0583. The molecule has 0 spiro atoms. The lowest BCUT2D eigenvalue weighted by Gasteiger charge is -2.11. The van der Waals surface area contributed by atoms with Gasteiger partial charge >= 0.3 is 6.03 Å². The molecule has 0 saturated heterocycles. The Morgan fingerprint density at radius 2 is 2.26 bits per heavy atom. The fourth-order valence-corrected chi connectivity index (χ4v) is 1.64. The number of hydrogen-bond donors (Lipinski definition) is 3. The van der Waals surface area contributed by atoms with Crippen molar-refractivity contribution in [1.82, 2.24) is 10.6 Å². The van der Waals surface area contributed by atoms with Crippen molar-refractivity contribution in [3.8, 4) is 5.75 Å². The molecule has 0 heterocycles. The van der Waals surface area contributed by atoms with Crippen LogP contribution in [-0.2, 0) is 6.42 Å². The van der Waals surface area contributed by atoms with E-state index in [1.165, 1.54) is 5.56 Å². The Morgan fingerprint density at radius 1 is 1.47 bits per heavy atom. The third-order valence-corrected chi connectivity index (χ3v) is 2.71. The van der Waals surface area contributed by atoms with E-state index in [-0.39, 0.29) is 18.7 Å². The SMILES string of the molecule is COc1cccc(CCCNC(=O)NC(C)CO)c1. The average molecular weight is 266 g/mol. The smallest absolute Gasteiger partial charge is 0.315 e. The van der Waals surface area contributed by atoms with Crippen LogP contribution in [-0.4, -0.2) is 37.4 Å². The Balaban J connectivity index is 2.21. The van der Waals surface area contributed by atoms with Crippen molar-refractivity contribution in [3.05, 3.63) is 29.8 Å². The fourth-order valence-electron chi connectivity index (χ4n) is 1.64. The lowest BCUT2D eigenvalue weighted by molar-refractivity contribution is 0.220. The van der Waals surface area contributed by atoms with Gasteiger partial charge in [-0.25, -0.2) is 4.79 Å². The quantitative estimate of drug-likeness (QED) is 0.652. The fraction of sp³-hybridized carbons (Fsp3) is 0.500. The molecular weight excluding hydrogens is 244 g/mol. The first-order valence-corrected chi connectivity index (χ1v) is 6.44. The molecule has 5 heteroatoms. The highest BCUT2D eigenvalue weighted by Crippen LogP contribution is 2.13. The lowest BCUT2D eigenvalue weighted by Crippen LogP contribution is -2.42. The van der Waals surface area contributed by atoms with Gasteiger partial charge in [-0.1, -0.05) is 12.1 Å². The monoisotopic (exact) mass is 266 g/mol. The van der Waals surface area contributed by atoms with Crippen molar-refractivity contribution in [1.29, 1.82) is 0 Å². The minimum Gasteiger partial charge on any atom is -0.497 e. The molecular formula is C14H22N2O3. The summed E-state index contributed by atoms with van der Waals surface area (Å²) in [5, 5.41) is 14.2. The van der Waals surface area contributed by atoms with E-state index in [9.17, 15) is 4.79 Å². The molecule has 1 aromatic rings. The molecule has 1 rings (SSSR count). The second-order valence-corrected chi connectivity index (χ2v) is 4.44. The van der Waals surface area contributed by atoms with Gasteiger partial charge in [0.05, 0.1) is 19.8 Å². The van der Waals surface area contributed by atoms with Gasteiger partial charge in [0.25, 0.3) is 0 Å². The van der Waals surface area contributed by atoms with Gasteiger partial charge < -0.3 is 20.5 Å². The minimum atomic E-state index is -0.243. The average Bonchev–Trinajstić information content (AvgIpc) is 2.43. The van der Waals surface area contributed by atoms with Gasteiger partial charge in [-0.15, -0.1) is 0 Å². The molecule has 0 aromatic heterocycles. The Hall–Kier alpha value is -1.75. The maximum atomic E-state index is 11.4. The van der Waals surface area contributed by atoms with Gasteiger partial charge in [-0.2, -0.15) is 0 Å². The van der Waals surface area contributed by atoms with Crippen LogP contribution < -0.4 is 15.4 Å². The van der Waals surface area contributed by atoms with Crippen molar-refractivity contribution >= 4 is 6.03 Å². The molecule has 106 valence electrons. The van der Waals surface area contributed by atoms with E-state index in [4.69, 9.17) is 9.84 Å². The maximum absolute atomic E-state index is 11.4. The van der Waals surface area contributed by atoms with E-state index in [0.717, 1.165) is 18.6 Å². The predicted molar refractivity (Wildman–Crippen MR) is 74.4 cm³/mol. The summed E-state index contributed by atoms with van der Waals surface area (Å²) in [6.45, 7) is 2.29. The van der Waals surface area contributed by atoms with Gasteiger partial charge in [-0.05, 0) is 37.5 Å². The van der Waals surface area contributed by atoms with E-state index < -0.39 is 0 Å². The first-order valence-electron chi connectivity index (χ1n) is 6.44. The van der Waals surface area contributed by atoms with Crippen LogP contribution in [0.15, 0.2) is 24.3 Å². The summed E-state index contributed by atoms with van der Waals surface area (Å²) in [6.07, 6.45) is 1.74. The zero-order valence-corrected chi connectivity index (χ0v) is 11.5. The Labute approximate surface area is 114 Å². The second kappa shape index (κ2) is 8.37. The molecule has 0 fully saturated rings. The van der Waals surface area contributed by atoms with Gasteiger partial charge in [0.15, 0.2) is 0 Å². The van der Waals surface area contributed by atoms with Crippen LogP contribution >= 0.6 is 0 Å². The third-order valence-electron chi connectivity index (χ3n) is 2.71. The van der Waals surface area contributed by atoms with Crippen LogP contribution in [0, 0.1) is 0 Å². The second-order valence-electron chi connectivity index (χ2n) is 4.44. The van der Waals surface area contributed by atoms with Crippen LogP contribution in [0.5, 0.6) is 5.75 Å². The van der Waals surface area contributed by atoms with Crippen molar-refractivity contribution in [3.63, 3.8) is 0 Å². The summed E-state index contributed by atoms with van der Waals surface area (Å²) in [5.41, 5.74) is 1.19. The molecule has 0 aliphatic carbocycles. The molecule has 0 aliphatic heterocycles. The van der Waals surface area contributed by atoms with Gasteiger partial charge in [0, 0.05) is 6.54 Å². The van der Waals surface area contributed by atoms with E-state index >= 15 is 0 Å². The van der Waals surface area contributed by atoms with Gasteiger partial charge in [-0.3, -0.25) is 0 Å². The maximum Gasteiger partial charge on any atom is 0.315 e. The van der Waals surface area contributed by atoms with Crippen molar-refractivity contribution in [2.75, 3.05) is 20.3 Å². The summed E-state index contributed by atoms with van der Waals surface area (Å²) in [5.74, 6) is 0.847. The number of benzene rings is 1. The number of methoxy groups -OCH3 is 1. The zero-order valence-electron chi connectivity index (χ0n) is 11.5. The molecule has 19 heavy (non-hydrogen) atoms. The van der Waals surface area contributed by atoms with Crippen LogP contribution in [0.2, 0.25) is 0 Å². The number of ether oxygens (including phenoxy) is 1. The number of carbonyl (C=O) groups excluding carboxylic acids is 1. The van der Waals surface area contributed by atoms with Gasteiger partial charge in [0.1, 0.15) is 5.75 Å². The van der Waals surface area contributed by atoms with Crippen LogP contribution in [0.4, 0.5) is 4.79 Å². The van der Waals surface area contributed by atoms with E-state index in [2.05, 4.69) is 10.6 Å². The van der Waals surface area contributed by atoms with E-state index in [0.29, 0.717) is 6.54 Å². The molecule has 0 aliphatic rings. The normalized spacial score (nSPS) is 11.7. The summed E-state index contributed by atoms with van der Waals surface area (Å²) in [7, 11) is 1.65. The van der Waals surface area contributed by atoms with Crippen molar-refractivity contribution in [2.45, 2.75) is 25.8 Å². The Kier molecular flexibility index (Phi) is 6.74. The summed E-state index contributed by atoms with van der Waals surface area (Å²) in [6, 6.07) is 7.43. The highest BCUT2D eigenvalue weighted by Gasteiger charge is 2.04. The largest absolute Gasteiger partial charge is 0.497 e. The molecule has 5 nitrogen and oxygen atoms in total. The molecule has 1 aromatic carbocycles. The third kappa shape index (κ3) is 6.10.